The van der Waals surface area contributed by atoms with Gasteiger partial charge >= 0.3 is 0 Å². The average Bonchev–Trinajstić information content (AvgIpc) is 2.72. The fourth-order valence-corrected chi connectivity index (χ4v) is 4.51. The summed E-state index contributed by atoms with van der Waals surface area (Å²) in [5, 5.41) is 2.80. The molecule has 0 saturated heterocycles. The van der Waals surface area contributed by atoms with E-state index < -0.39 is 43.3 Å². The maximum atomic E-state index is 13.2. The summed E-state index contributed by atoms with van der Waals surface area (Å²) in [6.45, 7) is 0. The van der Waals surface area contributed by atoms with Crippen LogP contribution in [0, 0.1) is 0 Å². The van der Waals surface area contributed by atoms with Crippen molar-refractivity contribution in [2.24, 2.45) is 0 Å². The molecule has 5 N–H and O–H groups in total. The molecule has 158 valence electrons. The van der Waals surface area contributed by atoms with Crippen LogP contribution in [0.5, 0.6) is 0 Å². The molecule has 1 unspecified atom stereocenters. The Hall–Kier alpha value is -3.38. The second-order valence-electron chi connectivity index (χ2n) is 6.67. The molecule has 0 saturated carbocycles. The van der Waals surface area contributed by atoms with E-state index in [1.54, 1.807) is 12.1 Å². The smallest absolute Gasteiger partial charge is 0.296 e. The van der Waals surface area contributed by atoms with Crippen molar-refractivity contribution in [3.05, 3.63) is 76.9 Å². The second kappa shape index (κ2) is 7.39. The van der Waals surface area contributed by atoms with Crippen molar-refractivity contribution in [3.63, 3.8) is 0 Å². The van der Waals surface area contributed by atoms with E-state index in [4.69, 9.17) is 5.73 Å². The number of hydrogen-bond donors (Lipinski definition) is 4. The SMILES string of the molecule is Nc1c(S(=O)(=O)O)cc(Nc2cccc(S(=O)O)c2)c2c1C(=O)c1ccccc1C2=O. The van der Waals surface area contributed by atoms with Crippen LogP contribution in [-0.2, 0) is 21.2 Å². The molecule has 0 fully saturated rings. The lowest BCUT2D eigenvalue weighted by atomic mass is 9.82. The van der Waals surface area contributed by atoms with Crippen molar-refractivity contribution in [1.82, 2.24) is 0 Å². The van der Waals surface area contributed by atoms with Gasteiger partial charge in [-0.05, 0) is 24.3 Å². The van der Waals surface area contributed by atoms with Crippen LogP contribution in [0.15, 0.2) is 64.4 Å². The second-order valence-corrected chi connectivity index (χ2v) is 9.03. The van der Waals surface area contributed by atoms with Gasteiger partial charge in [0, 0.05) is 16.8 Å². The van der Waals surface area contributed by atoms with Crippen molar-refractivity contribution in [2.75, 3.05) is 11.1 Å². The van der Waals surface area contributed by atoms with Crippen LogP contribution in [0.1, 0.15) is 31.8 Å². The molecule has 0 spiro atoms. The lowest BCUT2D eigenvalue weighted by Gasteiger charge is -2.23. The van der Waals surface area contributed by atoms with Gasteiger partial charge in [-0.2, -0.15) is 8.42 Å². The molecule has 31 heavy (non-hydrogen) atoms. The number of carbonyl (C=O) groups is 2. The van der Waals surface area contributed by atoms with Crippen molar-refractivity contribution >= 4 is 49.8 Å². The van der Waals surface area contributed by atoms with Crippen molar-refractivity contribution in [1.29, 1.82) is 0 Å². The predicted molar refractivity (Wildman–Crippen MR) is 113 cm³/mol. The number of nitrogen functional groups attached to an aromatic ring is 1. The molecule has 1 atom stereocenters. The van der Waals surface area contributed by atoms with Crippen LogP contribution in [0.3, 0.4) is 0 Å². The first kappa shape index (κ1) is 20.9. The molecular weight excluding hydrogens is 444 g/mol. The van der Waals surface area contributed by atoms with Gasteiger partial charge in [-0.1, -0.05) is 30.3 Å². The minimum atomic E-state index is -4.84. The number of nitrogens with one attached hydrogen (secondary N) is 1. The van der Waals surface area contributed by atoms with E-state index in [1.807, 2.05) is 0 Å². The zero-order valence-corrected chi connectivity index (χ0v) is 17.2. The van der Waals surface area contributed by atoms with E-state index in [1.165, 1.54) is 36.4 Å². The van der Waals surface area contributed by atoms with Gasteiger partial charge in [0.1, 0.15) is 4.90 Å². The maximum absolute atomic E-state index is 13.2. The molecule has 3 aromatic rings. The van der Waals surface area contributed by atoms with E-state index >= 15 is 0 Å². The molecule has 0 radical (unpaired) electrons. The third-order valence-corrected chi connectivity index (χ3v) is 6.34. The monoisotopic (exact) mass is 458 g/mol. The van der Waals surface area contributed by atoms with Gasteiger partial charge in [-0.25, -0.2) is 4.21 Å². The fraction of sp³-hybridized carbons (Fsp3) is 0. The highest BCUT2D eigenvalue weighted by Gasteiger charge is 2.36. The summed E-state index contributed by atoms with van der Waals surface area (Å²) in [6, 6.07) is 12.7. The van der Waals surface area contributed by atoms with Gasteiger partial charge in [-0.3, -0.25) is 14.1 Å². The summed E-state index contributed by atoms with van der Waals surface area (Å²) in [7, 11) is -4.84. The molecule has 4 rings (SSSR count). The number of rotatable bonds is 4. The number of fused-ring (bicyclic) bond motifs is 2. The molecule has 0 aromatic heterocycles. The van der Waals surface area contributed by atoms with Crippen LogP contribution in [0.4, 0.5) is 17.1 Å². The van der Waals surface area contributed by atoms with Crippen molar-refractivity contribution < 1.29 is 31.3 Å². The molecule has 3 aromatic carbocycles. The van der Waals surface area contributed by atoms with Gasteiger partial charge < -0.3 is 15.6 Å². The molecule has 11 heteroatoms. The Kier molecular flexibility index (Phi) is 4.98. The molecule has 9 nitrogen and oxygen atoms in total. The Balaban J connectivity index is 2.00. The highest BCUT2D eigenvalue weighted by molar-refractivity contribution is 7.86. The molecule has 0 aliphatic heterocycles. The number of hydrogen-bond acceptors (Lipinski definition) is 7. The molecule has 1 aliphatic carbocycles. The zero-order chi connectivity index (χ0) is 22.5. The summed E-state index contributed by atoms with van der Waals surface area (Å²) in [5.74, 6) is -1.23. The maximum Gasteiger partial charge on any atom is 0.296 e. The Morgan fingerprint density at radius 2 is 1.52 bits per heavy atom. The Morgan fingerprint density at radius 1 is 0.903 bits per heavy atom. The highest BCUT2D eigenvalue weighted by Crippen LogP contribution is 2.40. The van der Waals surface area contributed by atoms with E-state index in [2.05, 4.69) is 5.32 Å². The zero-order valence-electron chi connectivity index (χ0n) is 15.5. The lowest BCUT2D eigenvalue weighted by molar-refractivity contribution is 0.0980. The van der Waals surface area contributed by atoms with Crippen LogP contribution in [0.2, 0.25) is 0 Å². The summed E-state index contributed by atoms with van der Waals surface area (Å²) in [6.07, 6.45) is 0. The Bertz CT molecular complexity index is 1420. The highest BCUT2D eigenvalue weighted by atomic mass is 32.2. The van der Waals surface area contributed by atoms with Gasteiger partial charge in [0.15, 0.2) is 22.6 Å². The first-order valence-corrected chi connectivity index (χ1v) is 11.2. The van der Waals surface area contributed by atoms with Crippen LogP contribution in [-0.4, -0.2) is 33.3 Å². The quantitative estimate of drug-likeness (QED) is 0.204. The summed E-state index contributed by atoms with van der Waals surface area (Å²) in [4.78, 5) is 25.6. The molecular formula is C20H14N2O7S2. The standard InChI is InChI=1S/C20H14N2O7S2/c21-18-15(31(27,28)29)9-14(22-10-4-3-5-11(8-10)30(25)26)16-17(18)20(24)13-7-2-1-6-12(13)19(16)23/h1-9,22H,21H2,(H,25,26)(H,27,28,29). The normalized spacial score (nSPS) is 14.0. The molecule has 1 aliphatic rings. The molecule has 0 bridgehead atoms. The number of ketones is 2. The summed E-state index contributed by atoms with van der Waals surface area (Å²) in [5.41, 5.74) is 5.18. The Morgan fingerprint density at radius 3 is 2.10 bits per heavy atom. The minimum absolute atomic E-state index is 0.0528. The van der Waals surface area contributed by atoms with Crippen LogP contribution >= 0.6 is 0 Å². The summed E-state index contributed by atoms with van der Waals surface area (Å²) >= 11 is -2.28. The number of anilines is 3. The van der Waals surface area contributed by atoms with Gasteiger partial charge in [-0.15, -0.1) is 0 Å². The first-order chi connectivity index (χ1) is 14.6. The fourth-order valence-electron chi connectivity index (χ4n) is 3.44. The van der Waals surface area contributed by atoms with E-state index in [0.717, 1.165) is 6.07 Å². The number of nitrogens with two attached hydrogens (primary N) is 1. The predicted octanol–water partition coefficient (Wildman–Crippen LogP) is 2.62. The van der Waals surface area contributed by atoms with E-state index in [9.17, 15) is 31.3 Å². The third kappa shape index (κ3) is 3.53. The van der Waals surface area contributed by atoms with Gasteiger partial charge in [0.2, 0.25) is 0 Å². The lowest BCUT2D eigenvalue weighted by Crippen LogP contribution is -2.25. The Labute approximate surface area is 178 Å². The minimum Gasteiger partial charge on any atom is -0.397 e. The topological polar surface area (TPSA) is 164 Å². The average molecular weight is 458 g/mol. The van der Waals surface area contributed by atoms with Gasteiger partial charge in [0.05, 0.1) is 27.4 Å². The van der Waals surface area contributed by atoms with E-state index in [-0.39, 0.29) is 38.5 Å². The van der Waals surface area contributed by atoms with Crippen LogP contribution < -0.4 is 11.1 Å². The largest absolute Gasteiger partial charge is 0.397 e. The number of benzene rings is 3. The third-order valence-electron chi connectivity index (χ3n) is 4.79. The van der Waals surface area contributed by atoms with Crippen molar-refractivity contribution in [3.8, 4) is 0 Å². The first-order valence-electron chi connectivity index (χ1n) is 8.70. The van der Waals surface area contributed by atoms with Gasteiger partial charge in [0.25, 0.3) is 10.1 Å². The van der Waals surface area contributed by atoms with Crippen LogP contribution in [0.25, 0.3) is 0 Å². The molecule has 0 heterocycles. The molecule has 0 amide bonds. The van der Waals surface area contributed by atoms with E-state index in [0.29, 0.717) is 0 Å². The van der Waals surface area contributed by atoms with Crippen molar-refractivity contribution in [2.45, 2.75) is 9.79 Å². The summed E-state index contributed by atoms with van der Waals surface area (Å²) < 4.78 is 54.1. The number of carbonyl (C=O) groups excluding carboxylic acids is 2.